The lowest BCUT2D eigenvalue weighted by atomic mass is 9.98. The van der Waals surface area contributed by atoms with E-state index in [1.807, 2.05) is 11.8 Å². The van der Waals surface area contributed by atoms with E-state index in [1.54, 1.807) is 0 Å². The van der Waals surface area contributed by atoms with Crippen molar-refractivity contribution in [2.75, 3.05) is 5.75 Å². The molecule has 0 amide bonds. The fourth-order valence-electron chi connectivity index (χ4n) is 1.67. The maximum atomic E-state index is 11.0. The molecule has 1 saturated heterocycles. The van der Waals surface area contributed by atoms with Crippen LogP contribution in [0.1, 0.15) is 39.5 Å². The Labute approximate surface area is 85.0 Å². The molecule has 13 heavy (non-hydrogen) atoms. The van der Waals surface area contributed by atoms with Crippen LogP contribution >= 0.6 is 11.8 Å². The normalized spacial score (nSPS) is 27.2. The Morgan fingerprint density at radius 1 is 1.54 bits per heavy atom. The average molecular weight is 198 g/mol. The van der Waals surface area contributed by atoms with E-state index < -0.39 is 0 Å². The first-order chi connectivity index (χ1) is 6.18. The molecule has 0 N–H and O–H groups in total. The van der Waals surface area contributed by atoms with Gasteiger partial charge >= 0.3 is 0 Å². The Hall–Kier alpha value is -0.240. The number of rotatable bonds is 4. The molecule has 0 saturated carbocycles. The highest BCUT2D eigenvalue weighted by Gasteiger charge is 2.33. The first kappa shape index (κ1) is 10.8. The number of carbonyl (C=O) groups excluding carboxylic acids is 1. The molecular weight excluding hydrogens is 180 g/mol. The van der Waals surface area contributed by atoms with Gasteiger partial charge in [0.15, 0.2) is 0 Å². The summed E-state index contributed by atoms with van der Waals surface area (Å²) in [6, 6.07) is 0. The molecule has 0 spiro atoms. The van der Waals surface area contributed by atoms with E-state index in [0.29, 0.717) is 0 Å². The highest BCUT2D eigenvalue weighted by atomic mass is 32.2. The fourth-order valence-corrected chi connectivity index (χ4v) is 2.99. The summed E-state index contributed by atoms with van der Waals surface area (Å²) in [5, 5.41) is 0. The van der Waals surface area contributed by atoms with Gasteiger partial charge in [-0.15, -0.1) is 11.8 Å². The Morgan fingerprint density at radius 2 is 2.31 bits per heavy atom. The second-order valence-electron chi connectivity index (χ2n) is 3.95. The number of allylic oxidation sites excluding steroid dienone is 2. The number of thioether (sulfide) groups is 1. The van der Waals surface area contributed by atoms with Gasteiger partial charge in [-0.25, -0.2) is 0 Å². The molecule has 1 fully saturated rings. The van der Waals surface area contributed by atoms with Crippen molar-refractivity contribution in [2.24, 2.45) is 0 Å². The van der Waals surface area contributed by atoms with E-state index in [4.69, 9.17) is 0 Å². The summed E-state index contributed by atoms with van der Waals surface area (Å²) >= 11 is 1.84. The van der Waals surface area contributed by atoms with E-state index in [2.05, 4.69) is 19.9 Å². The quantitative estimate of drug-likeness (QED) is 0.510. The summed E-state index contributed by atoms with van der Waals surface area (Å²) in [5.41, 5.74) is 1.35. The van der Waals surface area contributed by atoms with E-state index >= 15 is 0 Å². The van der Waals surface area contributed by atoms with E-state index in [-0.39, 0.29) is 4.75 Å². The topological polar surface area (TPSA) is 17.1 Å². The summed E-state index contributed by atoms with van der Waals surface area (Å²) in [6.45, 7) is 4.21. The second-order valence-corrected chi connectivity index (χ2v) is 5.46. The largest absolute Gasteiger partial charge is 0.302 e. The molecule has 0 radical (unpaired) electrons. The highest BCUT2D eigenvalue weighted by molar-refractivity contribution is 8.01. The van der Waals surface area contributed by atoms with Gasteiger partial charge in [-0.05, 0) is 45.3 Å². The molecule has 0 aromatic carbocycles. The minimum atomic E-state index is -0.0358. The van der Waals surface area contributed by atoms with Gasteiger partial charge in [0.05, 0.1) is 4.75 Å². The summed E-state index contributed by atoms with van der Waals surface area (Å²) in [5.74, 6) is 1.16. The van der Waals surface area contributed by atoms with Gasteiger partial charge in [-0.1, -0.05) is 11.6 Å². The maximum Gasteiger partial charge on any atom is 0.136 e. The lowest BCUT2D eigenvalue weighted by Gasteiger charge is -2.19. The first-order valence-corrected chi connectivity index (χ1v) is 5.91. The number of carbonyl (C=O) groups is 1. The minimum absolute atomic E-state index is 0.0358. The third-order valence-corrected chi connectivity index (χ3v) is 4.04. The standard InChI is InChI=1S/C11H18OS/c1-10(2)5-3-6-11(9-12)7-4-8-13-11/h5,9H,3-4,6-8H2,1-2H3. The molecule has 1 rings (SSSR count). The molecule has 0 bridgehead atoms. The predicted molar refractivity (Wildman–Crippen MR) is 59.2 cm³/mol. The van der Waals surface area contributed by atoms with Crippen molar-refractivity contribution in [1.29, 1.82) is 0 Å². The highest BCUT2D eigenvalue weighted by Crippen LogP contribution is 2.40. The van der Waals surface area contributed by atoms with Crippen molar-refractivity contribution >= 4 is 18.0 Å². The number of aldehydes is 1. The second kappa shape index (κ2) is 4.85. The van der Waals surface area contributed by atoms with Gasteiger partial charge in [-0.3, -0.25) is 0 Å². The van der Waals surface area contributed by atoms with Crippen LogP contribution in [0.15, 0.2) is 11.6 Å². The molecule has 1 aliphatic heterocycles. The Morgan fingerprint density at radius 3 is 2.77 bits per heavy atom. The third kappa shape index (κ3) is 3.18. The van der Waals surface area contributed by atoms with Crippen LogP contribution in [0.3, 0.4) is 0 Å². The van der Waals surface area contributed by atoms with Crippen molar-refractivity contribution in [2.45, 2.75) is 44.3 Å². The first-order valence-electron chi connectivity index (χ1n) is 4.92. The molecule has 2 heteroatoms. The summed E-state index contributed by atoms with van der Waals surface area (Å²) in [6.07, 6.45) is 7.75. The van der Waals surface area contributed by atoms with Crippen LogP contribution < -0.4 is 0 Å². The molecule has 0 aromatic heterocycles. The maximum absolute atomic E-state index is 11.0. The number of hydrogen-bond acceptors (Lipinski definition) is 2. The van der Waals surface area contributed by atoms with Crippen LogP contribution in [-0.2, 0) is 4.79 Å². The monoisotopic (exact) mass is 198 g/mol. The summed E-state index contributed by atoms with van der Waals surface area (Å²) < 4.78 is -0.0358. The van der Waals surface area contributed by atoms with Crippen LogP contribution in [0.2, 0.25) is 0 Å². The van der Waals surface area contributed by atoms with Gasteiger partial charge in [0.2, 0.25) is 0 Å². The van der Waals surface area contributed by atoms with Crippen LogP contribution in [0.4, 0.5) is 0 Å². The van der Waals surface area contributed by atoms with Crippen LogP contribution in [0.25, 0.3) is 0 Å². The van der Waals surface area contributed by atoms with Crippen molar-refractivity contribution in [3.63, 3.8) is 0 Å². The van der Waals surface area contributed by atoms with Gasteiger partial charge < -0.3 is 4.79 Å². The average Bonchev–Trinajstić information content (AvgIpc) is 2.53. The number of hydrogen-bond donors (Lipinski definition) is 0. The molecule has 1 atom stereocenters. The lowest BCUT2D eigenvalue weighted by molar-refractivity contribution is -0.110. The van der Waals surface area contributed by atoms with Gasteiger partial charge in [0, 0.05) is 0 Å². The third-order valence-electron chi connectivity index (χ3n) is 2.47. The van der Waals surface area contributed by atoms with Gasteiger partial charge in [0.1, 0.15) is 6.29 Å². The lowest BCUT2D eigenvalue weighted by Crippen LogP contribution is -2.22. The van der Waals surface area contributed by atoms with E-state index in [1.165, 1.54) is 18.3 Å². The van der Waals surface area contributed by atoms with Crippen LogP contribution in [0.5, 0.6) is 0 Å². The van der Waals surface area contributed by atoms with Gasteiger partial charge in [-0.2, -0.15) is 0 Å². The van der Waals surface area contributed by atoms with Gasteiger partial charge in [0.25, 0.3) is 0 Å². The molecule has 0 aliphatic carbocycles. The zero-order valence-electron chi connectivity index (χ0n) is 8.51. The van der Waals surface area contributed by atoms with Crippen molar-refractivity contribution in [1.82, 2.24) is 0 Å². The summed E-state index contributed by atoms with van der Waals surface area (Å²) in [7, 11) is 0. The zero-order chi connectivity index (χ0) is 9.73. The Kier molecular flexibility index (Phi) is 4.04. The zero-order valence-corrected chi connectivity index (χ0v) is 9.32. The van der Waals surface area contributed by atoms with E-state index in [9.17, 15) is 4.79 Å². The molecule has 1 aliphatic rings. The van der Waals surface area contributed by atoms with Crippen LogP contribution in [0, 0.1) is 0 Å². The Bertz CT molecular complexity index is 198. The molecule has 1 heterocycles. The van der Waals surface area contributed by atoms with Crippen LogP contribution in [-0.4, -0.2) is 16.8 Å². The molecule has 1 nitrogen and oxygen atoms in total. The fraction of sp³-hybridized carbons (Fsp3) is 0.727. The molecule has 1 unspecified atom stereocenters. The SMILES string of the molecule is CC(C)=CCCC1(C=O)CCCS1. The van der Waals surface area contributed by atoms with Crippen molar-refractivity contribution < 1.29 is 4.79 Å². The molecule has 0 aromatic rings. The summed E-state index contributed by atoms with van der Waals surface area (Å²) in [4.78, 5) is 11.0. The van der Waals surface area contributed by atoms with E-state index in [0.717, 1.165) is 25.0 Å². The predicted octanol–water partition coefficient (Wildman–Crippen LogP) is 3.20. The molecule has 74 valence electrons. The smallest absolute Gasteiger partial charge is 0.136 e. The van der Waals surface area contributed by atoms with Crippen molar-refractivity contribution in [3.8, 4) is 0 Å². The molecular formula is C11H18OS. The van der Waals surface area contributed by atoms with Crippen molar-refractivity contribution in [3.05, 3.63) is 11.6 Å². The minimum Gasteiger partial charge on any atom is -0.302 e. The Balaban J connectivity index is 2.40.